The molecule has 0 spiro atoms. The number of rotatable bonds is 6. The molecule has 1 aromatic carbocycles. The lowest BCUT2D eigenvalue weighted by Crippen LogP contribution is -2.40. The highest BCUT2D eigenvalue weighted by Gasteiger charge is 2.30. The zero-order chi connectivity index (χ0) is 22.0. The molecule has 2 heterocycles. The molecular formula is C21H24ClN3O4S2. The minimum atomic E-state index is -3.75. The maximum absolute atomic E-state index is 13.5. The number of anilines is 1. The fourth-order valence-corrected chi connectivity index (χ4v) is 6.53. The van der Waals surface area contributed by atoms with Crippen LogP contribution in [0.2, 0.25) is 5.02 Å². The van der Waals surface area contributed by atoms with E-state index in [2.05, 4.69) is 11.6 Å². The molecule has 1 amide bonds. The van der Waals surface area contributed by atoms with Gasteiger partial charge in [-0.1, -0.05) is 17.7 Å². The molecule has 2 aliphatic rings. The second-order valence-corrected chi connectivity index (χ2v) is 10.8. The van der Waals surface area contributed by atoms with Crippen LogP contribution in [0.4, 0.5) is 5.13 Å². The highest BCUT2D eigenvalue weighted by atomic mass is 35.5. The van der Waals surface area contributed by atoms with Crippen molar-refractivity contribution in [1.82, 2.24) is 9.29 Å². The van der Waals surface area contributed by atoms with Crippen molar-refractivity contribution in [2.45, 2.75) is 30.6 Å². The summed E-state index contributed by atoms with van der Waals surface area (Å²) in [5.41, 5.74) is 1.17. The van der Waals surface area contributed by atoms with E-state index in [4.69, 9.17) is 16.3 Å². The molecule has 10 heteroatoms. The maximum atomic E-state index is 13.5. The number of fused-ring (bicyclic) bond motifs is 1. The topological polar surface area (TPSA) is 79.8 Å². The van der Waals surface area contributed by atoms with Gasteiger partial charge in [-0.3, -0.25) is 9.69 Å². The van der Waals surface area contributed by atoms with Crippen LogP contribution in [0.3, 0.4) is 0 Å². The number of morpholine rings is 1. The third-order valence-corrected chi connectivity index (χ3v) is 8.80. The lowest BCUT2D eigenvalue weighted by molar-refractivity contribution is 0.0730. The molecule has 1 aromatic heterocycles. The van der Waals surface area contributed by atoms with E-state index in [1.54, 1.807) is 6.08 Å². The van der Waals surface area contributed by atoms with Crippen LogP contribution in [-0.2, 0) is 27.6 Å². The summed E-state index contributed by atoms with van der Waals surface area (Å²) in [5, 5.41) is 0.788. The van der Waals surface area contributed by atoms with Gasteiger partial charge in [-0.25, -0.2) is 13.4 Å². The first kappa shape index (κ1) is 22.4. The third kappa shape index (κ3) is 4.56. The molecule has 2 aromatic rings. The molecule has 31 heavy (non-hydrogen) atoms. The largest absolute Gasteiger partial charge is 0.379 e. The van der Waals surface area contributed by atoms with Crippen molar-refractivity contribution < 1.29 is 17.9 Å². The molecule has 0 saturated carbocycles. The van der Waals surface area contributed by atoms with Gasteiger partial charge in [0.1, 0.15) is 0 Å². The molecule has 0 bridgehead atoms. The van der Waals surface area contributed by atoms with Gasteiger partial charge in [0, 0.05) is 24.5 Å². The highest BCUT2D eigenvalue weighted by Crippen LogP contribution is 2.33. The molecule has 4 rings (SSSR count). The van der Waals surface area contributed by atoms with Crippen molar-refractivity contribution in [3.8, 4) is 0 Å². The predicted molar refractivity (Wildman–Crippen MR) is 122 cm³/mol. The number of carbonyl (C=O) groups is 1. The fraction of sp³-hybridized carbons (Fsp3) is 0.429. The zero-order valence-corrected chi connectivity index (χ0v) is 19.4. The molecule has 0 unspecified atom stereocenters. The van der Waals surface area contributed by atoms with Gasteiger partial charge in [-0.15, -0.1) is 17.9 Å². The molecule has 0 atom stereocenters. The van der Waals surface area contributed by atoms with Gasteiger partial charge in [0.2, 0.25) is 10.0 Å². The van der Waals surface area contributed by atoms with Crippen molar-refractivity contribution in [2.75, 3.05) is 37.7 Å². The summed E-state index contributed by atoms with van der Waals surface area (Å²) in [6.07, 6.45) is 5.73. The number of nitrogens with zero attached hydrogens (tertiary/aromatic N) is 3. The van der Waals surface area contributed by atoms with E-state index in [1.807, 2.05) is 0 Å². The van der Waals surface area contributed by atoms with Crippen LogP contribution in [0.25, 0.3) is 0 Å². The highest BCUT2D eigenvalue weighted by molar-refractivity contribution is 7.89. The minimum Gasteiger partial charge on any atom is -0.379 e. The van der Waals surface area contributed by atoms with E-state index >= 15 is 0 Å². The summed E-state index contributed by atoms with van der Waals surface area (Å²) in [6, 6.07) is 4.25. The van der Waals surface area contributed by atoms with Crippen molar-refractivity contribution in [1.29, 1.82) is 0 Å². The molecular weight excluding hydrogens is 458 g/mol. The van der Waals surface area contributed by atoms with Crippen LogP contribution < -0.4 is 4.90 Å². The summed E-state index contributed by atoms with van der Waals surface area (Å²) in [4.78, 5) is 20.9. The number of amides is 1. The number of sulfonamides is 1. The Balaban J connectivity index is 1.68. The zero-order valence-electron chi connectivity index (χ0n) is 17.0. The molecule has 166 valence electrons. The smallest absolute Gasteiger partial charge is 0.261 e. The average molecular weight is 482 g/mol. The Morgan fingerprint density at radius 2 is 2.03 bits per heavy atom. The summed E-state index contributed by atoms with van der Waals surface area (Å²) in [6.45, 7) is 5.27. The molecule has 1 fully saturated rings. The van der Waals surface area contributed by atoms with Crippen LogP contribution in [0, 0.1) is 0 Å². The molecule has 1 aliphatic carbocycles. The number of aromatic nitrogens is 1. The molecule has 7 nitrogen and oxygen atoms in total. The first-order valence-electron chi connectivity index (χ1n) is 10.2. The SMILES string of the molecule is C=CCN(C(=O)c1cc(S(=O)(=O)N2CCOCC2)ccc1Cl)c1nc2c(s1)CCCC2. The maximum Gasteiger partial charge on any atom is 0.261 e. The molecule has 0 N–H and O–H groups in total. The van der Waals surface area contributed by atoms with Gasteiger partial charge in [0.15, 0.2) is 5.13 Å². The first-order chi connectivity index (χ1) is 14.9. The number of benzene rings is 1. The third-order valence-electron chi connectivity index (χ3n) is 5.40. The van der Waals surface area contributed by atoms with Crippen LogP contribution in [0.1, 0.15) is 33.8 Å². The number of hydrogen-bond donors (Lipinski definition) is 0. The number of halogens is 1. The standard InChI is InChI=1S/C21H24ClN3O4S2/c1-2-9-25(21-23-18-5-3-4-6-19(18)30-21)20(26)16-14-15(7-8-17(16)22)31(27,28)24-10-12-29-13-11-24/h2,7-8,14H,1,3-6,9-13H2. The average Bonchev–Trinajstić information content (AvgIpc) is 3.21. The number of aryl methyl sites for hydroxylation is 2. The summed E-state index contributed by atoms with van der Waals surface area (Å²) in [5.74, 6) is -0.393. The predicted octanol–water partition coefficient (Wildman–Crippen LogP) is 3.53. The quantitative estimate of drug-likeness (QED) is 0.590. The van der Waals surface area contributed by atoms with E-state index in [0.717, 1.165) is 31.4 Å². The molecule has 1 saturated heterocycles. The van der Waals surface area contributed by atoms with Crippen molar-refractivity contribution in [3.63, 3.8) is 0 Å². The van der Waals surface area contributed by atoms with Crippen LogP contribution in [0.15, 0.2) is 35.7 Å². The fourth-order valence-electron chi connectivity index (χ4n) is 3.74. The second kappa shape index (κ2) is 9.38. The molecule has 0 radical (unpaired) electrons. The van der Waals surface area contributed by atoms with Crippen molar-refractivity contribution in [2.24, 2.45) is 0 Å². The van der Waals surface area contributed by atoms with E-state index in [1.165, 1.54) is 43.6 Å². The lowest BCUT2D eigenvalue weighted by atomic mass is 10.0. The Hall–Kier alpha value is -1.78. The van der Waals surface area contributed by atoms with E-state index in [-0.39, 0.29) is 35.1 Å². The Morgan fingerprint density at radius 3 is 2.74 bits per heavy atom. The lowest BCUT2D eigenvalue weighted by Gasteiger charge is -2.26. The van der Waals surface area contributed by atoms with Gasteiger partial charge in [0.05, 0.1) is 34.4 Å². The van der Waals surface area contributed by atoms with Gasteiger partial charge in [-0.05, 0) is 43.9 Å². The second-order valence-electron chi connectivity index (χ2n) is 7.44. The van der Waals surface area contributed by atoms with Crippen LogP contribution in [-0.4, -0.2) is 56.5 Å². The summed E-state index contributed by atoms with van der Waals surface area (Å²) >= 11 is 7.85. The van der Waals surface area contributed by atoms with E-state index < -0.39 is 15.9 Å². The number of thiazole rings is 1. The van der Waals surface area contributed by atoms with E-state index in [0.29, 0.717) is 18.3 Å². The Kier molecular flexibility index (Phi) is 6.78. The Morgan fingerprint density at radius 1 is 1.29 bits per heavy atom. The van der Waals surface area contributed by atoms with Gasteiger partial charge in [-0.2, -0.15) is 4.31 Å². The van der Waals surface area contributed by atoms with Gasteiger partial charge in [0.25, 0.3) is 5.91 Å². The number of carbonyl (C=O) groups excluding carboxylic acids is 1. The summed E-state index contributed by atoms with van der Waals surface area (Å²) in [7, 11) is -3.75. The van der Waals surface area contributed by atoms with E-state index in [9.17, 15) is 13.2 Å². The normalized spacial score (nSPS) is 17.2. The van der Waals surface area contributed by atoms with Crippen LogP contribution in [0.5, 0.6) is 0 Å². The monoisotopic (exact) mass is 481 g/mol. The van der Waals surface area contributed by atoms with Gasteiger partial charge < -0.3 is 4.74 Å². The van der Waals surface area contributed by atoms with Gasteiger partial charge >= 0.3 is 0 Å². The minimum absolute atomic E-state index is 0.0409. The van der Waals surface area contributed by atoms with Crippen molar-refractivity contribution >= 4 is 44.0 Å². The van der Waals surface area contributed by atoms with Crippen LogP contribution >= 0.6 is 22.9 Å². The Labute approximate surface area is 191 Å². The molecule has 1 aliphatic heterocycles. The first-order valence-corrected chi connectivity index (χ1v) is 12.8. The summed E-state index contributed by atoms with van der Waals surface area (Å²) < 4.78 is 32.7. The van der Waals surface area contributed by atoms with Crippen molar-refractivity contribution in [3.05, 3.63) is 52.0 Å². The number of ether oxygens (including phenoxy) is 1. The number of hydrogen-bond acceptors (Lipinski definition) is 6. The Bertz CT molecular complexity index is 1070.